The fraction of sp³-hybridized carbons (Fsp3) is 0.261. The second-order valence-electron chi connectivity index (χ2n) is 7.16. The molecule has 142 valence electrons. The molecule has 0 unspecified atom stereocenters. The number of hydrogen-bond donors (Lipinski definition) is 1. The SMILES string of the molecule is O=C(c1cnccn1)N1CCC(C(O)(c2ccccc2)c2ccccc2)CC1. The Kier molecular flexibility index (Phi) is 5.17. The number of likely N-dealkylation sites (tertiary alicyclic amines) is 1. The summed E-state index contributed by atoms with van der Waals surface area (Å²) in [4.78, 5) is 22.6. The summed E-state index contributed by atoms with van der Waals surface area (Å²) < 4.78 is 0. The molecule has 1 aromatic heterocycles. The van der Waals surface area contributed by atoms with E-state index in [9.17, 15) is 9.90 Å². The van der Waals surface area contributed by atoms with Gasteiger partial charge in [-0.15, -0.1) is 0 Å². The van der Waals surface area contributed by atoms with E-state index < -0.39 is 5.60 Å². The Bertz CT molecular complexity index is 869. The van der Waals surface area contributed by atoms with Crippen molar-refractivity contribution in [1.29, 1.82) is 0 Å². The quantitative estimate of drug-likeness (QED) is 0.762. The molecule has 1 fully saturated rings. The van der Waals surface area contributed by atoms with E-state index >= 15 is 0 Å². The predicted octanol–water partition coefficient (Wildman–Crippen LogP) is 3.26. The molecule has 0 saturated carbocycles. The Morgan fingerprint density at radius 2 is 1.50 bits per heavy atom. The molecule has 4 rings (SSSR count). The van der Waals surface area contributed by atoms with Crippen molar-refractivity contribution in [3.05, 3.63) is 96.1 Å². The smallest absolute Gasteiger partial charge is 0.274 e. The molecule has 28 heavy (non-hydrogen) atoms. The second kappa shape index (κ2) is 7.90. The Morgan fingerprint density at radius 1 is 0.929 bits per heavy atom. The maximum atomic E-state index is 12.7. The second-order valence-corrected chi connectivity index (χ2v) is 7.16. The average Bonchev–Trinajstić information content (AvgIpc) is 2.80. The molecule has 5 nitrogen and oxygen atoms in total. The lowest BCUT2D eigenvalue weighted by atomic mass is 9.72. The van der Waals surface area contributed by atoms with Gasteiger partial charge in [-0.3, -0.25) is 9.78 Å². The van der Waals surface area contributed by atoms with Gasteiger partial charge in [0.2, 0.25) is 0 Å². The van der Waals surface area contributed by atoms with E-state index in [1.54, 1.807) is 11.1 Å². The third-order valence-corrected chi connectivity index (χ3v) is 5.58. The Morgan fingerprint density at radius 3 is 2.00 bits per heavy atom. The summed E-state index contributed by atoms with van der Waals surface area (Å²) in [7, 11) is 0. The van der Waals surface area contributed by atoms with Gasteiger partial charge in [-0.25, -0.2) is 4.98 Å². The molecule has 1 amide bonds. The summed E-state index contributed by atoms with van der Waals surface area (Å²) in [5.74, 6) is -0.0854. The van der Waals surface area contributed by atoms with Crippen molar-refractivity contribution in [2.45, 2.75) is 18.4 Å². The van der Waals surface area contributed by atoms with E-state index in [0.29, 0.717) is 31.6 Å². The summed E-state index contributed by atoms with van der Waals surface area (Å²) in [6.45, 7) is 1.17. The van der Waals surface area contributed by atoms with Crippen LogP contribution in [0.2, 0.25) is 0 Å². The molecule has 0 spiro atoms. The molecule has 0 aliphatic carbocycles. The standard InChI is InChI=1S/C23H23N3O2/c27-22(21-17-24-13-14-25-21)26-15-11-20(12-16-26)23(28,18-7-3-1-4-8-18)19-9-5-2-6-10-19/h1-10,13-14,17,20,28H,11-12,15-16H2. The number of aromatic nitrogens is 2. The van der Waals surface area contributed by atoms with Gasteiger partial charge >= 0.3 is 0 Å². The summed E-state index contributed by atoms with van der Waals surface area (Å²) in [6.07, 6.45) is 6.02. The van der Waals surface area contributed by atoms with E-state index in [2.05, 4.69) is 9.97 Å². The topological polar surface area (TPSA) is 66.3 Å². The van der Waals surface area contributed by atoms with Gasteiger partial charge < -0.3 is 10.0 Å². The van der Waals surface area contributed by atoms with Crippen LogP contribution in [-0.2, 0) is 5.60 Å². The minimum atomic E-state index is -1.08. The molecule has 3 aromatic rings. The van der Waals surface area contributed by atoms with Crippen LogP contribution < -0.4 is 0 Å². The van der Waals surface area contributed by atoms with Gasteiger partial charge in [0.1, 0.15) is 11.3 Å². The van der Waals surface area contributed by atoms with E-state index in [4.69, 9.17) is 0 Å². The first-order valence-corrected chi connectivity index (χ1v) is 9.58. The first-order chi connectivity index (χ1) is 13.7. The lowest BCUT2D eigenvalue weighted by molar-refractivity contribution is -0.0123. The molecule has 2 aromatic carbocycles. The molecule has 1 N–H and O–H groups in total. The van der Waals surface area contributed by atoms with E-state index in [1.165, 1.54) is 12.4 Å². The van der Waals surface area contributed by atoms with Gasteiger partial charge in [0.25, 0.3) is 5.91 Å². The number of benzene rings is 2. The molecule has 1 saturated heterocycles. The number of nitrogens with zero attached hydrogens (tertiary/aromatic N) is 3. The van der Waals surface area contributed by atoms with Crippen molar-refractivity contribution >= 4 is 5.91 Å². The van der Waals surface area contributed by atoms with E-state index in [0.717, 1.165) is 11.1 Å². The third kappa shape index (κ3) is 3.41. The number of carbonyl (C=O) groups excluding carboxylic acids is 1. The third-order valence-electron chi connectivity index (χ3n) is 5.58. The number of aliphatic hydroxyl groups is 1. The van der Waals surface area contributed by atoms with Crippen molar-refractivity contribution in [2.75, 3.05) is 13.1 Å². The minimum Gasteiger partial charge on any atom is -0.380 e. The van der Waals surface area contributed by atoms with Crippen molar-refractivity contribution in [1.82, 2.24) is 14.9 Å². The van der Waals surface area contributed by atoms with Gasteiger partial charge in [0.15, 0.2) is 0 Å². The molecule has 0 radical (unpaired) electrons. The highest BCUT2D eigenvalue weighted by Crippen LogP contribution is 2.41. The number of piperidine rings is 1. The number of hydrogen-bond acceptors (Lipinski definition) is 4. The molecule has 1 aliphatic heterocycles. The van der Waals surface area contributed by atoms with Crippen LogP contribution in [0.3, 0.4) is 0 Å². The van der Waals surface area contributed by atoms with Gasteiger partial charge in [-0.05, 0) is 29.9 Å². The van der Waals surface area contributed by atoms with Gasteiger partial charge in [0.05, 0.1) is 6.20 Å². The number of amides is 1. The molecular weight excluding hydrogens is 350 g/mol. The van der Waals surface area contributed by atoms with E-state index in [-0.39, 0.29) is 11.8 Å². The highest BCUT2D eigenvalue weighted by molar-refractivity contribution is 5.92. The highest BCUT2D eigenvalue weighted by Gasteiger charge is 2.42. The van der Waals surface area contributed by atoms with Crippen LogP contribution in [0.4, 0.5) is 0 Å². The summed E-state index contributed by atoms with van der Waals surface area (Å²) in [5, 5.41) is 11.9. The zero-order valence-corrected chi connectivity index (χ0v) is 15.6. The van der Waals surface area contributed by atoms with Crippen molar-refractivity contribution in [3.63, 3.8) is 0 Å². The number of rotatable bonds is 4. The fourth-order valence-corrected chi connectivity index (χ4v) is 4.09. The minimum absolute atomic E-state index is 0.0169. The Labute approximate surface area is 164 Å². The van der Waals surface area contributed by atoms with Crippen LogP contribution in [0, 0.1) is 5.92 Å². The van der Waals surface area contributed by atoms with Crippen LogP contribution in [0.25, 0.3) is 0 Å². The molecule has 1 aliphatic rings. The van der Waals surface area contributed by atoms with Crippen molar-refractivity contribution in [3.8, 4) is 0 Å². The zero-order valence-electron chi connectivity index (χ0n) is 15.6. The van der Waals surface area contributed by atoms with Crippen LogP contribution in [0.15, 0.2) is 79.3 Å². The molecular formula is C23H23N3O2. The fourth-order valence-electron chi connectivity index (χ4n) is 4.09. The van der Waals surface area contributed by atoms with Crippen molar-refractivity contribution in [2.24, 2.45) is 5.92 Å². The molecule has 0 bridgehead atoms. The predicted molar refractivity (Wildman–Crippen MR) is 107 cm³/mol. The molecule has 0 atom stereocenters. The molecule has 2 heterocycles. The van der Waals surface area contributed by atoms with Crippen LogP contribution in [0.1, 0.15) is 34.5 Å². The normalized spacial score (nSPS) is 15.4. The largest absolute Gasteiger partial charge is 0.380 e. The van der Waals surface area contributed by atoms with Crippen LogP contribution in [-0.4, -0.2) is 39.0 Å². The number of carbonyl (C=O) groups is 1. The monoisotopic (exact) mass is 373 g/mol. The summed E-state index contributed by atoms with van der Waals surface area (Å²) in [6, 6.07) is 19.6. The lowest BCUT2D eigenvalue weighted by Gasteiger charge is -2.42. The zero-order chi connectivity index (χ0) is 19.4. The van der Waals surface area contributed by atoms with Gasteiger partial charge in [0, 0.05) is 25.5 Å². The van der Waals surface area contributed by atoms with E-state index in [1.807, 2.05) is 60.7 Å². The highest BCUT2D eigenvalue weighted by atomic mass is 16.3. The van der Waals surface area contributed by atoms with Gasteiger partial charge in [-0.1, -0.05) is 60.7 Å². The van der Waals surface area contributed by atoms with Crippen LogP contribution >= 0.6 is 0 Å². The summed E-state index contributed by atoms with van der Waals surface area (Å²) in [5.41, 5.74) is 1.06. The maximum Gasteiger partial charge on any atom is 0.274 e. The lowest BCUT2D eigenvalue weighted by Crippen LogP contribution is -2.46. The summed E-state index contributed by atoms with van der Waals surface area (Å²) >= 11 is 0. The first kappa shape index (κ1) is 18.3. The van der Waals surface area contributed by atoms with Crippen LogP contribution in [0.5, 0.6) is 0 Å². The molecule has 5 heteroatoms. The Balaban J connectivity index is 1.58. The van der Waals surface area contributed by atoms with Crippen molar-refractivity contribution < 1.29 is 9.90 Å². The Hall–Kier alpha value is -3.05. The average molecular weight is 373 g/mol. The first-order valence-electron chi connectivity index (χ1n) is 9.58. The van der Waals surface area contributed by atoms with Gasteiger partial charge in [-0.2, -0.15) is 0 Å². The maximum absolute atomic E-state index is 12.7.